The Morgan fingerprint density at radius 2 is 1.68 bits per heavy atom. The summed E-state index contributed by atoms with van der Waals surface area (Å²) >= 11 is 0. The molecule has 0 saturated heterocycles. The Morgan fingerprint density at radius 3 is 2.28 bits per heavy atom. The number of carbonyl (C=O) groups is 1. The van der Waals surface area contributed by atoms with Gasteiger partial charge in [-0.25, -0.2) is 0 Å². The minimum atomic E-state index is -0.178. The van der Waals surface area contributed by atoms with Crippen LogP contribution < -0.4 is 5.32 Å². The molecule has 0 bridgehead atoms. The van der Waals surface area contributed by atoms with Crippen LogP contribution in [0.5, 0.6) is 0 Å². The van der Waals surface area contributed by atoms with E-state index in [-0.39, 0.29) is 5.91 Å². The van der Waals surface area contributed by atoms with Crippen molar-refractivity contribution < 1.29 is 9.21 Å². The van der Waals surface area contributed by atoms with E-state index in [0.717, 1.165) is 52.6 Å². The van der Waals surface area contributed by atoms with Crippen LogP contribution in [-0.2, 0) is 19.3 Å². The lowest BCUT2D eigenvalue weighted by Crippen LogP contribution is -2.15. The summed E-state index contributed by atoms with van der Waals surface area (Å²) in [5, 5.41) is 4.11. The number of hydrogen-bond donors (Lipinski definition) is 1. The van der Waals surface area contributed by atoms with Crippen molar-refractivity contribution in [2.24, 2.45) is 0 Å². The van der Waals surface area contributed by atoms with E-state index < -0.39 is 0 Å². The highest BCUT2D eigenvalue weighted by molar-refractivity contribution is 6.07. The summed E-state index contributed by atoms with van der Waals surface area (Å²) in [6.45, 7) is 8.27. The zero-order valence-corrected chi connectivity index (χ0v) is 15.4. The molecule has 2 aromatic carbocycles. The summed E-state index contributed by atoms with van der Waals surface area (Å²) in [5.41, 5.74) is 6.12. The van der Waals surface area contributed by atoms with Gasteiger partial charge in [0.05, 0.1) is 0 Å². The highest BCUT2D eigenvalue weighted by Gasteiger charge is 2.19. The van der Waals surface area contributed by atoms with Gasteiger partial charge >= 0.3 is 0 Å². The first kappa shape index (κ1) is 17.3. The zero-order valence-electron chi connectivity index (χ0n) is 15.4. The number of hydrogen-bond acceptors (Lipinski definition) is 2. The fraction of sp³-hybridized carbons (Fsp3) is 0.318. The molecule has 3 heteroatoms. The molecule has 0 radical (unpaired) electrons. The number of anilines is 1. The molecule has 0 fully saturated rings. The van der Waals surface area contributed by atoms with E-state index in [1.54, 1.807) is 0 Å². The molecule has 1 heterocycles. The molecule has 0 unspecified atom stereocenters. The van der Waals surface area contributed by atoms with Crippen LogP contribution in [0, 0.1) is 6.92 Å². The van der Waals surface area contributed by atoms with E-state index in [0.29, 0.717) is 5.76 Å². The first-order chi connectivity index (χ1) is 12.1. The molecule has 0 aliphatic rings. The molecule has 0 atom stereocenters. The van der Waals surface area contributed by atoms with Crippen molar-refractivity contribution in [1.82, 2.24) is 0 Å². The monoisotopic (exact) mass is 335 g/mol. The van der Waals surface area contributed by atoms with Crippen LogP contribution in [0.1, 0.15) is 53.6 Å². The van der Waals surface area contributed by atoms with Gasteiger partial charge in [-0.1, -0.05) is 45.0 Å². The maximum absolute atomic E-state index is 12.9. The average Bonchev–Trinajstić information content (AvgIpc) is 2.98. The lowest BCUT2D eigenvalue weighted by atomic mass is 10.0. The summed E-state index contributed by atoms with van der Waals surface area (Å²) in [4.78, 5) is 12.9. The van der Waals surface area contributed by atoms with Gasteiger partial charge in [0.1, 0.15) is 5.58 Å². The summed E-state index contributed by atoms with van der Waals surface area (Å²) in [6.07, 6.45) is 2.72. The van der Waals surface area contributed by atoms with Gasteiger partial charge in [0.25, 0.3) is 5.91 Å². The van der Waals surface area contributed by atoms with Crippen LogP contribution >= 0.6 is 0 Å². The zero-order chi connectivity index (χ0) is 18.0. The van der Waals surface area contributed by atoms with Crippen molar-refractivity contribution in [3.8, 4) is 0 Å². The largest absolute Gasteiger partial charge is 0.451 e. The number of benzene rings is 2. The minimum Gasteiger partial charge on any atom is -0.451 e. The number of fused-ring (bicyclic) bond motifs is 1. The lowest BCUT2D eigenvalue weighted by Gasteiger charge is -2.13. The average molecular weight is 335 g/mol. The molecular weight excluding hydrogens is 310 g/mol. The number of furan rings is 1. The third kappa shape index (κ3) is 3.19. The van der Waals surface area contributed by atoms with Crippen molar-refractivity contribution in [2.75, 3.05) is 5.32 Å². The van der Waals surface area contributed by atoms with Crippen LogP contribution in [0.3, 0.4) is 0 Å². The molecule has 1 aromatic heterocycles. The fourth-order valence-electron chi connectivity index (χ4n) is 3.28. The number of carbonyl (C=O) groups excluding carboxylic acids is 1. The Morgan fingerprint density at radius 1 is 1.00 bits per heavy atom. The molecule has 0 aliphatic carbocycles. The smallest absolute Gasteiger partial charge is 0.291 e. The normalized spacial score (nSPS) is 11.0. The van der Waals surface area contributed by atoms with Crippen molar-refractivity contribution in [3.05, 3.63) is 64.4 Å². The number of amides is 1. The predicted molar refractivity (Wildman–Crippen MR) is 103 cm³/mol. The van der Waals surface area contributed by atoms with Gasteiger partial charge in [-0.2, -0.15) is 0 Å². The SMILES string of the molecule is CCc1ccc2oc(C(=O)Nc3c(CC)cccc3CC)c(C)c2c1. The first-order valence-corrected chi connectivity index (χ1v) is 9.03. The molecule has 3 rings (SSSR count). The lowest BCUT2D eigenvalue weighted by molar-refractivity contribution is 0.0997. The minimum absolute atomic E-state index is 0.178. The maximum atomic E-state index is 12.9. The molecule has 25 heavy (non-hydrogen) atoms. The molecule has 0 saturated carbocycles. The van der Waals surface area contributed by atoms with Crippen LogP contribution in [0.15, 0.2) is 40.8 Å². The Balaban J connectivity index is 2.00. The molecule has 1 amide bonds. The van der Waals surface area contributed by atoms with Crippen molar-refractivity contribution in [2.45, 2.75) is 47.0 Å². The van der Waals surface area contributed by atoms with Gasteiger partial charge in [-0.3, -0.25) is 4.79 Å². The van der Waals surface area contributed by atoms with Crippen molar-refractivity contribution in [1.29, 1.82) is 0 Å². The van der Waals surface area contributed by atoms with E-state index in [9.17, 15) is 4.79 Å². The summed E-state index contributed by atoms with van der Waals surface area (Å²) in [5.74, 6) is 0.221. The van der Waals surface area contributed by atoms with Gasteiger partial charge < -0.3 is 9.73 Å². The topological polar surface area (TPSA) is 42.2 Å². The summed E-state index contributed by atoms with van der Waals surface area (Å²) in [7, 11) is 0. The number of para-hydroxylation sites is 1. The molecule has 1 N–H and O–H groups in total. The Labute approximate surface area is 149 Å². The third-order valence-corrected chi connectivity index (χ3v) is 4.85. The molecule has 3 nitrogen and oxygen atoms in total. The first-order valence-electron chi connectivity index (χ1n) is 9.03. The Hall–Kier alpha value is -2.55. The highest BCUT2D eigenvalue weighted by Crippen LogP contribution is 2.29. The second-order valence-electron chi connectivity index (χ2n) is 6.35. The van der Waals surface area contributed by atoms with Crippen LogP contribution in [0.25, 0.3) is 11.0 Å². The highest BCUT2D eigenvalue weighted by atomic mass is 16.3. The van der Waals surface area contributed by atoms with Crippen LogP contribution in [-0.4, -0.2) is 5.91 Å². The van der Waals surface area contributed by atoms with Gasteiger partial charge in [0, 0.05) is 16.6 Å². The fourth-order valence-corrected chi connectivity index (χ4v) is 3.28. The van der Waals surface area contributed by atoms with E-state index in [1.165, 1.54) is 5.56 Å². The maximum Gasteiger partial charge on any atom is 0.291 e. The van der Waals surface area contributed by atoms with Gasteiger partial charge in [0.15, 0.2) is 5.76 Å². The van der Waals surface area contributed by atoms with Gasteiger partial charge in [0.2, 0.25) is 0 Å². The van der Waals surface area contributed by atoms with Gasteiger partial charge in [-0.05, 0) is 55.0 Å². The number of nitrogens with one attached hydrogen (secondary N) is 1. The molecular formula is C22H25NO2. The van der Waals surface area contributed by atoms with E-state index >= 15 is 0 Å². The number of rotatable bonds is 5. The Bertz CT molecular complexity index is 899. The van der Waals surface area contributed by atoms with Crippen molar-refractivity contribution in [3.63, 3.8) is 0 Å². The quantitative estimate of drug-likeness (QED) is 0.651. The Kier molecular flexibility index (Phi) is 4.93. The standard InChI is InChI=1S/C22H25NO2/c1-5-15-11-12-19-18(13-15)14(4)21(25-19)22(24)23-20-16(6-2)9-8-10-17(20)7-3/h8-13H,5-7H2,1-4H3,(H,23,24). The predicted octanol–water partition coefficient (Wildman–Crippen LogP) is 5.68. The second kappa shape index (κ2) is 7.14. The van der Waals surface area contributed by atoms with Crippen LogP contribution in [0.2, 0.25) is 0 Å². The third-order valence-electron chi connectivity index (χ3n) is 4.85. The van der Waals surface area contributed by atoms with E-state index in [4.69, 9.17) is 4.42 Å². The molecule has 130 valence electrons. The van der Waals surface area contributed by atoms with Crippen LogP contribution in [0.4, 0.5) is 5.69 Å². The van der Waals surface area contributed by atoms with Gasteiger partial charge in [-0.15, -0.1) is 0 Å². The van der Waals surface area contributed by atoms with E-state index in [1.807, 2.05) is 19.1 Å². The van der Waals surface area contributed by atoms with E-state index in [2.05, 4.69) is 50.4 Å². The second-order valence-corrected chi connectivity index (χ2v) is 6.35. The summed E-state index contributed by atoms with van der Waals surface area (Å²) in [6, 6.07) is 12.3. The molecule has 0 aliphatic heterocycles. The molecule has 3 aromatic rings. The molecule has 0 spiro atoms. The van der Waals surface area contributed by atoms with Crippen molar-refractivity contribution >= 4 is 22.6 Å². The summed E-state index contributed by atoms with van der Waals surface area (Å²) < 4.78 is 5.87. The number of aryl methyl sites for hydroxylation is 4.